The number of aromatic nitrogens is 2. The van der Waals surface area contributed by atoms with Gasteiger partial charge in [0.1, 0.15) is 0 Å². The van der Waals surface area contributed by atoms with Crippen molar-refractivity contribution in [3.05, 3.63) is 11.5 Å². The SMILES string of the molecule is CN1CN(C2CCC(NCCO)CC2)c2nc(Cl)ncc21. The summed E-state index contributed by atoms with van der Waals surface area (Å²) in [6.45, 7) is 1.75. The number of aliphatic hydroxyl groups is 1. The number of halogens is 1. The number of rotatable bonds is 4. The number of hydrogen-bond acceptors (Lipinski definition) is 6. The van der Waals surface area contributed by atoms with Gasteiger partial charge in [0.15, 0.2) is 5.82 Å². The molecule has 2 heterocycles. The van der Waals surface area contributed by atoms with Crippen molar-refractivity contribution in [2.24, 2.45) is 0 Å². The quantitative estimate of drug-likeness (QED) is 0.816. The molecule has 0 amide bonds. The minimum atomic E-state index is 0.208. The van der Waals surface area contributed by atoms with Crippen LogP contribution in [0.5, 0.6) is 0 Å². The van der Waals surface area contributed by atoms with E-state index in [-0.39, 0.29) is 6.61 Å². The fraction of sp³-hybridized carbons (Fsp3) is 0.714. The molecule has 21 heavy (non-hydrogen) atoms. The molecular formula is C14H22ClN5O. The lowest BCUT2D eigenvalue weighted by Crippen LogP contribution is -2.44. The van der Waals surface area contributed by atoms with Gasteiger partial charge in [0.2, 0.25) is 5.28 Å². The highest BCUT2D eigenvalue weighted by Crippen LogP contribution is 2.37. The molecule has 0 unspecified atom stereocenters. The van der Waals surface area contributed by atoms with Crippen molar-refractivity contribution in [3.8, 4) is 0 Å². The van der Waals surface area contributed by atoms with Crippen LogP contribution < -0.4 is 15.1 Å². The molecule has 6 nitrogen and oxygen atoms in total. The van der Waals surface area contributed by atoms with Crippen molar-refractivity contribution < 1.29 is 5.11 Å². The van der Waals surface area contributed by atoms with E-state index in [2.05, 4.69) is 32.1 Å². The summed E-state index contributed by atoms with van der Waals surface area (Å²) >= 11 is 5.95. The smallest absolute Gasteiger partial charge is 0.224 e. The summed E-state index contributed by atoms with van der Waals surface area (Å²) in [7, 11) is 2.06. The molecule has 1 aromatic heterocycles. The molecule has 2 N–H and O–H groups in total. The minimum absolute atomic E-state index is 0.208. The Hall–Kier alpha value is -1.11. The van der Waals surface area contributed by atoms with Crippen molar-refractivity contribution in [2.75, 3.05) is 36.7 Å². The second kappa shape index (κ2) is 6.34. The highest BCUT2D eigenvalue weighted by Gasteiger charge is 2.33. The van der Waals surface area contributed by atoms with Crippen LogP contribution in [0.25, 0.3) is 0 Å². The van der Waals surface area contributed by atoms with Crippen LogP contribution in [0.1, 0.15) is 25.7 Å². The van der Waals surface area contributed by atoms with Gasteiger partial charge < -0.3 is 20.2 Å². The number of hydrogen-bond donors (Lipinski definition) is 2. The zero-order valence-corrected chi connectivity index (χ0v) is 13.1. The summed E-state index contributed by atoms with van der Waals surface area (Å²) in [4.78, 5) is 13.0. The van der Waals surface area contributed by atoms with Gasteiger partial charge in [-0.05, 0) is 37.3 Å². The number of anilines is 2. The fourth-order valence-electron chi connectivity index (χ4n) is 3.35. The van der Waals surface area contributed by atoms with Crippen molar-refractivity contribution in [2.45, 2.75) is 37.8 Å². The number of aliphatic hydroxyl groups excluding tert-OH is 1. The third-order valence-electron chi connectivity index (χ3n) is 4.45. The molecule has 1 aromatic rings. The Bertz CT molecular complexity index is 492. The second-order valence-electron chi connectivity index (χ2n) is 5.84. The Morgan fingerprint density at radius 3 is 2.86 bits per heavy atom. The molecule has 1 saturated carbocycles. The fourth-order valence-corrected chi connectivity index (χ4v) is 3.48. The summed E-state index contributed by atoms with van der Waals surface area (Å²) in [6, 6.07) is 1.04. The van der Waals surface area contributed by atoms with Gasteiger partial charge in [-0.25, -0.2) is 4.98 Å². The molecule has 116 valence electrons. The maximum Gasteiger partial charge on any atom is 0.224 e. The van der Waals surface area contributed by atoms with Crippen LogP contribution >= 0.6 is 11.6 Å². The average molecular weight is 312 g/mol. The molecule has 3 rings (SSSR count). The molecule has 0 bridgehead atoms. The van der Waals surface area contributed by atoms with Crippen LogP contribution in [-0.4, -0.2) is 54.0 Å². The summed E-state index contributed by atoms with van der Waals surface area (Å²) in [6.07, 6.45) is 6.35. The molecule has 0 radical (unpaired) electrons. The van der Waals surface area contributed by atoms with E-state index in [1.54, 1.807) is 6.20 Å². The van der Waals surface area contributed by atoms with Gasteiger partial charge in [0.25, 0.3) is 0 Å². The molecule has 0 spiro atoms. The zero-order chi connectivity index (χ0) is 14.8. The van der Waals surface area contributed by atoms with Crippen molar-refractivity contribution in [3.63, 3.8) is 0 Å². The second-order valence-corrected chi connectivity index (χ2v) is 6.18. The number of fused-ring (bicyclic) bond motifs is 1. The molecule has 0 aromatic carbocycles. The van der Waals surface area contributed by atoms with Gasteiger partial charge in [-0.15, -0.1) is 0 Å². The maximum atomic E-state index is 8.88. The van der Waals surface area contributed by atoms with Gasteiger partial charge in [-0.3, -0.25) is 0 Å². The average Bonchev–Trinajstić information content (AvgIpc) is 2.82. The van der Waals surface area contributed by atoms with Crippen LogP contribution in [0.15, 0.2) is 6.20 Å². The van der Waals surface area contributed by atoms with Crippen LogP contribution in [-0.2, 0) is 0 Å². The van der Waals surface area contributed by atoms with E-state index in [0.717, 1.165) is 43.9 Å². The first-order chi connectivity index (χ1) is 10.2. The van der Waals surface area contributed by atoms with E-state index in [4.69, 9.17) is 16.7 Å². The summed E-state index contributed by atoms with van der Waals surface area (Å²) in [5.41, 5.74) is 1.06. The van der Waals surface area contributed by atoms with E-state index in [1.165, 1.54) is 0 Å². The van der Waals surface area contributed by atoms with E-state index in [1.807, 2.05) is 0 Å². The summed E-state index contributed by atoms with van der Waals surface area (Å²) in [5, 5.41) is 12.6. The number of nitrogens with zero attached hydrogens (tertiary/aromatic N) is 4. The van der Waals surface area contributed by atoms with Crippen LogP contribution in [0.2, 0.25) is 5.28 Å². The highest BCUT2D eigenvalue weighted by molar-refractivity contribution is 6.28. The Morgan fingerprint density at radius 1 is 1.38 bits per heavy atom. The Kier molecular flexibility index (Phi) is 4.47. The lowest BCUT2D eigenvalue weighted by molar-refractivity contribution is 0.265. The molecule has 0 saturated heterocycles. The van der Waals surface area contributed by atoms with Crippen LogP contribution in [0, 0.1) is 0 Å². The minimum Gasteiger partial charge on any atom is -0.395 e. The molecule has 0 atom stereocenters. The first kappa shape index (κ1) is 14.8. The van der Waals surface area contributed by atoms with Crippen molar-refractivity contribution >= 4 is 23.1 Å². The summed E-state index contributed by atoms with van der Waals surface area (Å²) in [5.74, 6) is 0.962. The molecule has 1 aliphatic carbocycles. The van der Waals surface area contributed by atoms with Crippen molar-refractivity contribution in [1.29, 1.82) is 0 Å². The van der Waals surface area contributed by atoms with Crippen LogP contribution in [0.4, 0.5) is 11.5 Å². The first-order valence-electron chi connectivity index (χ1n) is 7.53. The number of nitrogens with one attached hydrogen (secondary N) is 1. The van der Waals surface area contributed by atoms with E-state index in [0.29, 0.717) is 23.9 Å². The molecular weight excluding hydrogens is 290 g/mol. The molecule has 7 heteroatoms. The topological polar surface area (TPSA) is 64.5 Å². The monoisotopic (exact) mass is 311 g/mol. The Labute approximate surface area is 130 Å². The van der Waals surface area contributed by atoms with Gasteiger partial charge in [0, 0.05) is 25.7 Å². The standard InChI is InChI=1S/C14H22ClN5O/c1-19-9-20(13-12(19)8-17-14(15)18-13)11-4-2-10(3-5-11)16-6-7-21/h8,10-11,16,21H,2-7,9H2,1H3. The maximum absolute atomic E-state index is 8.88. The predicted octanol–water partition coefficient (Wildman–Crippen LogP) is 1.24. The Balaban J connectivity index is 1.66. The third kappa shape index (κ3) is 3.07. The highest BCUT2D eigenvalue weighted by atomic mass is 35.5. The largest absolute Gasteiger partial charge is 0.395 e. The molecule has 1 fully saturated rings. The molecule has 1 aliphatic heterocycles. The zero-order valence-electron chi connectivity index (χ0n) is 12.3. The third-order valence-corrected chi connectivity index (χ3v) is 4.63. The van der Waals surface area contributed by atoms with Gasteiger partial charge in [-0.1, -0.05) is 0 Å². The predicted molar refractivity (Wildman–Crippen MR) is 83.9 cm³/mol. The van der Waals surface area contributed by atoms with Gasteiger partial charge in [0.05, 0.1) is 25.2 Å². The molecule has 2 aliphatic rings. The first-order valence-corrected chi connectivity index (χ1v) is 7.91. The summed E-state index contributed by atoms with van der Waals surface area (Å²) < 4.78 is 0. The lowest BCUT2D eigenvalue weighted by Gasteiger charge is -2.35. The Morgan fingerprint density at radius 2 is 2.14 bits per heavy atom. The van der Waals surface area contributed by atoms with Gasteiger partial charge in [-0.2, -0.15) is 4.98 Å². The lowest BCUT2D eigenvalue weighted by atomic mass is 9.90. The van der Waals surface area contributed by atoms with Crippen LogP contribution in [0.3, 0.4) is 0 Å². The normalized spacial score (nSPS) is 25.3. The van der Waals surface area contributed by atoms with E-state index < -0.39 is 0 Å². The van der Waals surface area contributed by atoms with Crippen molar-refractivity contribution in [1.82, 2.24) is 15.3 Å². The van der Waals surface area contributed by atoms with Gasteiger partial charge >= 0.3 is 0 Å². The van der Waals surface area contributed by atoms with E-state index in [9.17, 15) is 0 Å². The van der Waals surface area contributed by atoms with E-state index >= 15 is 0 Å².